The lowest BCUT2D eigenvalue weighted by molar-refractivity contribution is -0.133. The van der Waals surface area contributed by atoms with Crippen LogP contribution in [0.5, 0.6) is 0 Å². The molecule has 1 aliphatic heterocycles. The maximum atomic E-state index is 11.2. The first-order chi connectivity index (χ1) is 6.15. The monoisotopic (exact) mass is 221 g/mol. The van der Waals surface area contributed by atoms with Crippen LogP contribution >= 0.6 is 12.4 Å². The molecule has 82 valence electrons. The molecule has 14 heavy (non-hydrogen) atoms. The van der Waals surface area contributed by atoms with Gasteiger partial charge in [0.25, 0.3) is 0 Å². The number of hydrogen-bond acceptors (Lipinski definition) is 3. The van der Waals surface area contributed by atoms with Gasteiger partial charge in [-0.25, -0.2) is 0 Å². The van der Waals surface area contributed by atoms with E-state index in [9.17, 15) is 9.59 Å². The Morgan fingerprint density at radius 2 is 2.07 bits per heavy atom. The number of piperidine rings is 1. The number of nitrogens with zero attached hydrogens (tertiary/aromatic N) is 1. The number of carbonyl (C=O) groups excluding carboxylic acids is 2. The van der Waals surface area contributed by atoms with Gasteiger partial charge in [0.2, 0.25) is 11.8 Å². The third-order valence-electron chi connectivity index (χ3n) is 2.35. The number of primary amides is 1. The Balaban J connectivity index is 0.00000169. The number of carbonyl (C=O) groups is 2. The molecule has 1 unspecified atom stereocenters. The Bertz CT molecular complexity index is 223. The van der Waals surface area contributed by atoms with Crippen LogP contribution in [-0.4, -0.2) is 36.3 Å². The van der Waals surface area contributed by atoms with E-state index < -0.39 is 0 Å². The molecule has 0 spiro atoms. The van der Waals surface area contributed by atoms with E-state index in [1.54, 1.807) is 4.90 Å². The van der Waals surface area contributed by atoms with Crippen molar-refractivity contribution in [2.75, 3.05) is 19.6 Å². The van der Waals surface area contributed by atoms with E-state index in [1.165, 1.54) is 0 Å². The molecule has 0 aliphatic carbocycles. The standard InChI is InChI=1S/C8H15N3O2.ClH/c9-4-7(12)11-3-1-2-6(5-11)8(10)13;/h6H,1-5,9H2,(H2,10,13);1H. The zero-order valence-corrected chi connectivity index (χ0v) is 8.76. The second kappa shape index (κ2) is 5.82. The normalized spacial score (nSPS) is 21.2. The molecule has 1 fully saturated rings. The van der Waals surface area contributed by atoms with Crippen molar-refractivity contribution in [1.29, 1.82) is 0 Å². The Labute approximate surface area is 89.2 Å². The van der Waals surface area contributed by atoms with E-state index >= 15 is 0 Å². The van der Waals surface area contributed by atoms with Crippen LogP contribution in [0.15, 0.2) is 0 Å². The number of amides is 2. The van der Waals surface area contributed by atoms with E-state index in [2.05, 4.69) is 0 Å². The third-order valence-corrected chi connectivity index (χ3v) is 2.35. The van der Waals surface area contributed by atoms with Crippen LogP contribution < -0.4 is 11.5 Å². The van der Waals surface area contributed by atoms with Gasteiger partial charge in [-0.3, -0.25) is 9.59 Å². The number of nitrogens with two attached hydrogens (primary N) is 2. The van der Waals surface area contributed by atoms with Crippen LogP contribution in [0.1, 0.15) is 12.8 Å². The molecule has 1 heterocycles. The van der Waals surface area contributed by atoms with Gasteiger partial charge in [-0.15, -0.1) is 12.4 Å². The Morgan fingerprint density at radius 3 is 2.57 bits per heavy atom. The molecule has 1 atom stereocenters. The van der Waals surface area contributed by atoms with Gasteiger partial charge in [0.15, 0.2) is 0 Å². The molecule has 4 N–H and O–H groups in total. The summed E-state index contributed by atoms with van der Waals surface area (Å²) in [5.74, 6) is -0.621. The van der Waals surface area contributed by atoms with Crippen molar-refractivity contribution in [3.63, 3.8) is 0 Å². The molecule has 0 aromatic rings. The first kappa shape index (κ1) is 13.2. The van der Waals surface area contributed by atoms with Gasteiger partial charge in [-0.05, 0) is 12.8 Å². The summed E-state index contributed by atoms with van der Waals surface area (Å²) in [5.41, 5.74) is 10.4. The second-order valence-electron chi connectivity index (χ2n) is 3.29. The molecule has 1 aliphatic rings. The first-order valence-electron chi connectivity index (χ1n) is 4.42. The molecule has 6 heteroatoms. The van der Waals surface area contributed by atoms with Crippen molar-refractivity contribution < 1.29 is 9.59 Å². The van der Waals surface area contributed by atoms with Gasteiger partial charge >= 0.3 is 0 Å². The first-order valence-corrected chi connectivity index (χ1v) is 4.42. The quantitative estimate of drug-likeness (QED) is 0.633. The Hall–Kier alpha value is -0.810. The smallest absolute Gasteiger partial charge is 0.236 e. The van der Waals surface area contributed by atoms with Gasteiger partial charge in [-0.2, -0.15) is 0 Å². The summed E-state index contributed by atoms with van der Waals surface area (Å²) < 4.78 is 0. The lowest BCUT2D eigenvalue weighted by atomic mass is 9.97. The van der Waals surface area contributed by atoms with Crippen LogP contribution in [0, 0.1) is 5.92 Å². The van der Waals surface area contributed by atoms with Crippen molar-refractivity contribution >= 4 is 24.2 Å². The summed E-state index contributed by atoms with van der Waals surface area (Å²) in [6, 6.07) is 0. The molecule has 0 aromatic heterocycles. The van der Waals surface area contributed by atoms with Gasteiger partial charge in [0.05, 0.1) is 12.5 Å². The molecule has 0 saturated carbocycles. The van der Waals surface area contributed by atoms with Crippen LogP contribution in [-0.2, 0) is 9.59 Å². The number of likely N-dealkylation sites (tertiary alicyclic amines) is 1. The highest BCUT2D eigenvalue weighted by atomic mass is 35.5. The lowest BCUT2D eigenvalue weighted by Crippen LogP contribution is -2.46. The van der Waals surface area contributed by atoms with E-state index in [4.69, 9.17) is 11.5 Å². The fourth-order valence-corrected chi connectivity index (χ4v) is 1.57. The Morgan fingerprint density at radius 1 is 1.43 bits per heavy atom. The summed E-state index contributed by atoms with van der Waals surface area (Å²) in [6.07, 6.45) is 1.61. The summed E-state index contributed by atoms with van der Waals surface area (Å²) in [4.78, 5) is 23.7. The summed E-state index contributed by atoms with van der Waals surface area (Å²) in [7, 11) is 0. The van der Waals surface area contributed by atoms with Crippen molar-refractivity contribution in [2.24, 2.45) is 17.4 Å². The molecule has 0 aromatic carbocycles. The average molecular weight is 222 g/mol. The molecular weight excluding hydrogens is 206 g/mol. The zero-order valence-electron chi connectivity index (χ0n) is 7.94. The highest BCUT2D eigenvalue weighted by Crippen LogP contribution is 2.15. The minimum absolute atomic E-state index is 0. The van der Waals surface area contributed by atoms with Gasteiger partial charge in [0.1, 0.15) is 0 Å². The molecule has 5 nitrogen and oxygen atoms in total. The summed E-state index contributed by atoms with van der Waals surface area (Å²) >= 11 is 0. The SMILES string of the molecule is Cl.NCC(=O)N1CCCC(C(N)=O)C1. The Kier molecular flexibility index (Phi) is 5.49. The molecule has 1 saturated heterocycles. The predicted octanol–water partition coefficient (Wildman–Crippen LogP) is -0.909. The second-order valence-corrected chi connectivity index (χ2v) is 3.29. The van der Waals surface area contributed by atoms with Crippen LogP contribution in [0.25, 0.3) is 0 Å². The van der Waals surface area contributed by atoms with Crippen LogP contribution in [0.2, 0.25) is 0 Å². The van der Waals surface area contributed by atoms with E-state index in [-0.39, 0.29) is 36.7 Å². The molecular formula is C8H16ClN3O2. The number of rotatable bonds is 2. The van der Waals surface area contributed by atoms with E-state index in [0.29, 0.717) is 13.1 Å². The zero-order chi connectivity index (χ0) is 9.84. The predicted molar refractivity (Wildman–Crippen MR) is 54.8 cm³/mol. The minimum Gasteiger partial charge on any atom is -0.369 e. The third kappa shape index (κ3) is 3.16. The van der Waals surface area contributed by atoms with Crippen LogP contribution in [0.3, 0.4) is 0 Å². The maximum Gasteiger partial charge on any atom is 0.236 e. The minimum atomic E-state index is -0.325. The summed E-state index contributed by atoms with van der Waals surface area (Å²) in [5, 5.41) is 0. The number of halogens is 1. The van der Waals surface area contributed by atoms with Gasteiger partial charge < -0.3 is 16.4 Å². The maximum absolute atomic E-state index is 11.2. The average Bonchev–Trinajstić information content (AvgIpc) is 2.17. The van der Waals surface area contributed by atoms with E-state index in [1.807, 2.05) is 0 Å². The van der Waals surface area contributed by atoms with Crippen molar-refractivity contribution in [2.45, 2.75) is 12.8 Å². The van der Waals surface area contributed by atoms with Crippen molar-refractivity contribution in [3.05, 3.63) is 0 Å². The van der Waals surface area contributed by atoms with E-state index in [0.717, 1.165) is 12.8 Å². The van der Waals surface area contributed by atoms with Crippen molar-refractivity contribution in [3.8, 4) is 0 Å². The molecule has 2 amide bonds. The fourth-order valence-electron chi connectivity index (χ4n) is 1.57. The lowest BCUT2D eigenvalue weighted by Gasteiger charge is -2.30. The molecule has 0 radical (unpaired) electrons. The topological polar surface area (TPSA) is 89.4 Å². The highest BCUT2D eigenvalue weighted by Gasteiger charge is 2.25. The van der Waals surface area contributed by atoms with Crippen LogP contribution in [0.4, 0.5) is 0 Å². The van der Waals surface area contributed by atoms with Gasteiger partial charge in [0, 0.05) is 13.1 Å². The summed E-state index contributed by atoms with van der Waals surface area (Å²) in [6.45, 7) is 1.14. The molecule has 1 rings (SSSR count). The van der Waals surface area contributed by atoms with Gasteiger partial charge in [-0.1, -0.05) is 0 Å². The molecule has 0 bridgehead atoms. The largest absolute Gasteiger partial charge is 0.369 e. The highest BCUT2D eigenvalue weighted by molar-refractivity contribution is 5.85. The number of hydrogen-bond donors (Lipinski definition) is 2. The fraction of sp³-hybridized carbons (Fsp3) is 0.750. The van der Waals surface area contributed by atoms with Crippen molar-refractivity contribution in [1.82, 2.24) is 4.90 Å².